The van der Waals surface area contributed by atoms with Crippen LogP contribution in [-0.4, -0.2) is 52.1 Å². The molecule has 9 heteroatoms. The molecule has 1 amide bonds. The summed E-state index contributed by atoms with van der Waals surface area (Å²) in [6.45, 7) is 3.03. The van der Waals surface area contributed by atoms with Gasteiger partial charge in [-0.15, -0.1) is 0 Å². The van der Waals surface area contributed by atoms with Gasteiger partial charge >= 0.3 is 0 Å². The molecule has 2 aromatic carbocycles. The maximum absolute atomic E-state index is 12.4. The van der Waals surface area contributed by atoms with E-state index in [0.717, 1.165) is 13.1 Å². The number of hydrogen-bond acceptors (Lipinski definition) is 5. The number of amides is 1. The van der Waals surface area contributed by atoms with Gasteiger partial charge < -0.3 is 10.1 Å². The normalized spacial score (nSPS) is 15.3. The molecule has 0 bridgehead atoms. The number of morpholine rings is 1. The molecule has 7 nitrogen and oxygen atoms in total. The number of nitrogens with zero attached hydrogens (tertiary/aromatic N) is 1. The average Bonchev–Trinajstić information content (AvgIpc) is 2.64. The lowest BCUT2D eigenvalue weighted by atomic mass is 10.3. The molecule has 2 aromatic rings. The highest BCUT2D eigenvalue weighted by atomic mass is 35.5. The van der Waals surface area contributed by atoms with Gasteiger partial charge in [-0.3, -0.25) is 14.4 Å². The van der Waals surface area contributed by atoms with Crippen LogP contribution in [0.4, 0.5) is 11.4 Å². The lowest BCUT2D eigenvalue weighted by molar-refractivity contribution is -0.118. The summed E-state index contributed by atoms with van der Waals surface area (Å²) in [6, 6.07) is 12.7. The van der Waals surface area contributed by atoms with Crippen LogP contribution in [0, 0.1) is 0 Å². The average molecular weight is 410 g/mol. The van der Waals surface area contributed by atoms with Gasteiger partial charge in [0.1, 0.15) is 4.90 Å². The first-order chi connectivity index (χ1) is 12.9. The van der Waals surface area contributed by atoms with Crippen molar-refractivity contribution in [3.63, 3.8) is 0 Å². The minimum Gasteiger partial charge on any atom is -0.379 e. The van der Waals surface area contributed by atoms with Gasteiger partial charge in [0.25, 0.3) is 10.0 Å². The molecule has 3 rings (SSSR count). The lowest BCUT2D eigenvalue weighted by Crippen LogP contribution is -2.41. The number of sulfonamides is 1. The Morgan fingerprint density at radius 1 is 1.04 bits per heavy atom. The summed E-state index contributed by atoms with van der Waals surface area (Å²) in [7, 11) is -3.79. The largest absolute Gasteiger partial charge is 0.379 e. The van der Waals surface area contributed by atoms with Crippen molar-refractivity contribution in [1.82, 2.24) is 4.90 Å². The molecule has 0 spiro atoms. The second-order valence-electron chi connectivity index (χ2n) is 6.05. The number of rotatable bonds is 6. The monoisotopic (exact) mass is 409 g/mol. The minimum absolute atomic E-state index is 0.00885. The molecule has 0 aromatic heterocycles. The van der Waals surface area contributed by atoms with E-state index in [9.17, 15) is 13.2 Å². The van der Waals surface area contributed by atoms with Gasteiger partial charge in [0, 0.05) is 24.5 Å². The number of ether oxygens (including phenoxy) is 1. The SMILES string of the molecule is O=C(CN1CCOCC1)Nc1ccc(NS(=O)(=O)c2ccccc2Cl)cc1. The summed E-state index contributed by atoms with van der Waals surface area (Å²) in [4.78, 5) is 14.1. The molecule has 0 unspecified atom stereocenters. The topological polar surface area (TPSA) is 87.7 Å². The molecule has 0 saturated carbocycles. The van der Waals surface area contributed by atoms with Crippen molar-refractivity contribution in [2.24, 2.45) is 0 Å². The standard InChI is InChI=1S/C18H20ClN3O4S/c19-16-3-1-2-4-17(16)27(24,25)21-15-7-5-14(6-8-15)20-18(23)13-22-9-11-26-12-10-22/h1-8,21H,9-13H2,(H,20,23). The Hall–Kier alpha value is -2.13. The van der Waals surface area contributed by atoms with E-state index in [2.05, 4.69) is 10.0 Å². The molecule has 1 aliphatic heterocycles. The molecule has 1 saturated heterocycles. The molecule has 1 heterocycles. The van der Waals surface area contributed by atoms with Crippen LogP contribution in [-0.2, 0) is 19.6 Å². The maximum Gasteiger partial charge on any atom is 0.263 e. The molecule has 2 N–H and O–H groups in total. The summed E-state index contributed by atoms with van der Waals surface area (Å²) >= 11 is 5.96. The zero-order chi connectivity index (χ0) is 19.3. The first kappa shape index (κ1) is 19.6. The van der Waals surface area contributed by atoms with Crippen molar-refractivity contribution in [1.29, 1.82) is 0 Å². The molecule has 27 heavy (non-hydrogen) atoms. The fourth-order valence-corrected chi connectivity index (χ4v) is 4.24. The van der Waals surface area contributed by atoms with E-state index < -0.39 is 10.0 Å². The Morgan fingerprint density at radius 3 is 2.33 bits per heavy atom. The molecule has 0 aliphatic carbocycles. The number of nitrogens with one attached hydrogen (secondary N) is 2. The van der Waals surface area contributed by atoms with E-state index in [1.807, 2.05) is 4.90 Å². The Bertz CT molecular complexity index is 897. The third-order valence-electron chi connectivity index (χ3n) is 4.02. The van der Waals surface area contributed by atoms with Gasteiger partial charge in [-0.05, 0) is 36.4 Å². The van der Waals surface area contributed by atoms with Crippen molar-refractivity contribution in [2.75, 3.05) is 42.9 Å². The van der Waals surface area contributed by atoms with E-state index in [1.165, 1.54) is 12.1 Å². The lowest BCUT2D eigenvalue weighted by Gasteiger charge is -2.25. The summed E-state index contributed by atoms with van der Waals surface area (Å²) in [5.41, 5.74) is 0.968. The molecule has 0 atom stereocenters. The van der Waals surface area contributed by atoms with Crippen molar-refractivity contribution in [2.45, 2.75) is 4.90 Å². The van der Waals surface area contributed by atoms with E-state index in [-0.39, 0.29) is 15.8 Å². The highest BCUT2D eigenvalue weighted by molar-refractivity contribution is 7.92. The van der Waals surface area contributed by atoms with Crippen molar-refractivity contribution in [3.8, 4) is 0 Å². The number of benzene rings is 2. The number of hydrogen-bond donors (Lipinski definition) is 2. The highest BCUT2D eigenvalue weighted by Gasteiger charge is 2.18. The Balaban J connectivity index is 1.60. The van der Waals surface area contributed by atoms with Gasteiger partial charge in [-0.2, -0.15) is 0 Å². The fourth-order valence-electron chi connectivity index (χ4n) is 2.66. The highest BCUT2D eigenvalue weighted by Crippen LogP contribution is 2.24. The van der Waals surface area contributed by atoms with Crippen LogP contribution in [0.1, 0.15) is 0 Å². The van der Waals surface area contributed by atoms with Crippen LogP contribution in [0.15, 0.2) is 53.4 Å². The minimum atomic E-state index is -3.79. The van der Waals surface area contributed by atoms with Crippen LogP contribution < -0.4 is 10.0 Å². The van der Waals surface area contributed by atoms with Crippen molar-refractivity contribution < 1.29 is 17.9 Å². The first-order valence-corrected chi connectivity index (χ1v) is 10.3. The predicted molar refractivity (Wildman–Crippen MR) is 105 cm³/mol. The quantitative estimate of drug-likeness (QED) is 0.765. The summed E-state index contributed by atoms with van der Waals surface area (Å²) < 4.78 is 32.6. The van der Waals surface area contributed by atoms with E-state index in [1.54, 1.807) is 36.4 Å². The van der Waals surface area contributed by atoms with E-state index in [4.69, 9.17) is 16.3 Å². The fraction of sp³-hybridized carbons (Fsp3) is 0.278. The van der Waals surface area contributed by atoms with Gasteiger partial charge in [-0.25, -0.2) is 8.42 Å². The van der Waals surface area contributed by atoms with Gasteiger partial charge in [0.2, 0.25) is 5.91 Å². The molecule has 144 valence electrons. The second-order valence-corrected chi connectivity index (χ2v) is 8.11. The van der Waals surface area contributed by atoms with E-state index in [0.29, 0.717) is 31.1 Å². The van der Waals surface area contributed by atoms with Gasteiger partial charge in [0.05, 0.1) is 24.8 Å². The van der Waals surface area contributed by atoms with Crippen LogP contribution in [0.25, 0.3) is 0 Å². The zero-order valence-electron chi connectivity index (χ0n) is 14.5. The molecular formula is C18H20ClN3O4S. The molecule has 1 aliphatic rings. The van der Waals surface area contributed by atoms with Crippen LogP contribution >= 0.6 is 11.6 Å². The van der Waals surface area contributed by atoms with Crippen molar-refractivity contribution in [3.05, 3.63) is 53.6 Å². The maximum atomic E-state index is 12.4. The summed E-state index contributed by atoms with van der Waals surface area (Å²) in [5, 5.41) is 2.95. The third-order valence-corrected chi connectivity index (χ3v) is 5.90. The summed E-state index contributed by atoms with van der Waals surface area (Å²) in [6.07, 6.45) is 0. The molecule has 1 fully saturated rings. The predicted octanol–water partition coefficient (Wildman–Crippen LogP) is 2.41. The first-order valence-electron chi connectivity index (χ1n) is 8.41. The van der Waals surface area contributed by atoms with Crippen molar-refractivity contribution >= 4 is 38.9 Å². The third kappa shape index (κ3) is 5.43. The Labute approximate surface area is 163 Å². The number of anilines is 2. The summed E-state index contributed by atoms with van der Waals surface area (Å²) in [5.74, 6) is -0.124. The number of halogens is 1. The van der Waals surface area contributed by atoms with Crippen LogP contribution in [0.3, 0.4) is 0 Å². The smallest absolute Gasteiger partial charge is 0.263 e. The van der Waals surface area contributed by atoms with Crippen LogP contribution in [0.2, 0.25) is 5.02 Å². The van der Waals surface area contributed by atoms with E-state index >= 15 is 0 Å². The molecule has 0 radical (unpaired) electrons. The van der Waals surface area contributed by atoms with Gasteiger partial charge in [0.15, 0.2) is 0 Å². The van der Waals surface area contributed by atoms with Gasteiger partial charge in [-0.1, -0.05) is 23.7 Å². The zero-order valence-corrected chi connectivity index (χ0v) is 16.1. The Morgan fingerprint density at radius 2 is 1.67 bits per heavy atom. The van der Waals surface area contributed by atoms with Crippen LogP contribution in [0.5, 0.6) is 0 Å². The number of carbonyl (C=O) groups excluding carboxylic acids is 1. The Kier molecular flexibility index (Phi) is 6.33. The second kappa shape index (κ2) is 8.71. The molecular weight excluding hydrogens is 390 g/mol. The number of carbonyl (C=O) groups is 1.